The summed E-state index contributed by atoms with van der Waals surface area (Å²) in [5.41, 5.74) is 0. The van der Waals surface area contributed by atoms with Crippen molar-refractivity contribution in [2.24, 2.45) is 11.8 Å². The van der Waals surface area contributed by atoms with Gasteiger partial charge in [-0.15, -0.1) is 0 Å². The van der Waals surface area contributed by atoms with E-state index in [0.717, 1.165) is 17.9 Å². The van der Waals surface area contributed by atoms with Crippen LogP contribution in [0.5, 0.6) is 0 Å². The molecular formula is C15H30N2. The highest BCUT2D eigenvalue weighted by Crippen LogP contribution is 2.23. The molecule has 2 fully saturated rings. The van der Waals surface area contributed by atoms with Crippen molar-refractivity contribution in [3.63, 3.8) is 0 Å². The summed E-state index contributed by atoms with van der Waals surface area (Å²) in [5.74, 6) is 1.89. The van der Waals surface area contributed by atoms with E-state index < -0.39 is 0 Å². The molecule has 2 aliphatic heterocycles. The van der Waals surface area contributed by atoms with Gasteiger partial charge >= 0.3 is 0 Å². The molecule has 100 valence electrons. The van der Waals surface area contributed by atoms with Crippen LogP contribution >= 0.6 is 0 Å². The Labute approximate surface area is 107 Å². The predicted octanol–water partition coefficient (Wildman–Crippen LogP) is 2.89. The molecule has 2 rings (SSSR count). The van der Waals surface area contributed by atoms with Crippen molar-refractivity contribution in [3.05, 3.63) is 0 Å². The monoisotopic (exact) mass is 238 g/mol. The van der Waals surface area contributed by atoms with E-state index in [0.29, 0.717) is 0 Å². The van der Waals surface area contributed by atoms with Gasteiger partial charge in [-0.05, 0) is 57.2 Å². The molecule has 2 heterocycles. The molecule has 0 radical (unpaired) electrons. The maximum atomic E-state index is 3.67. The number of nitrogens with zero attached hydrogens (tertiary/aromatic N) is 1. The van der Waals surface area contributed by atoms with Gasteiger partial charge in [0.2, 0.25) is 0 Å². The number of rotatable bonds is 4. The summed E-state index contributed by atoms with van der Waals surface area (Å²) >= 11 is 0. The van der Waals surface area contributed by atoms with Gasteiger partial charge < -0.3 is 10.2 Å². The average molecular weight is 238 g/mol. The molecule has 3 unspecified atom stereocenters. The fourth-order valence-electron chi connectivity index (χ4n) is 3.53. The lowest BCUT2D eigenvalue weighted by atomic mass is 9.96. The highest BCUT2D eigenvalue weighted by molar-refractivity contribution is 4.84. The molecule has 2 nitrogen and oxygen atoms in total. The highest BCUT2D eigenvalue weighted by Gasteiger charge is 2.25. The van der Waals surface area contributed by atoms with Crippen LogP contribution in [0.2, 0.25) is 0 Å². The average Bonchev–Trinajstić information content (AvgIpc) is 2.59. The van der Waals surface area contributed by atoms with Gasteiger partial charge in [0, 0.05) is 12.6 Å². The van der Waals surface area contributed by atoms with Crippen LogP contribution in [-0.2, 0) is 0 Å². The molecule has 2 aliphatic rings. The molecule has 17 heavy (non-hydrogen) atoms. The minimum Gasteiger partial charge on any atom is -0.312 e. The molecule has 0 bridgehead atoms. The third-order valence-corrected chi connectivity index (χ3v) is 4.79. The molecule has 0 amide bonds. The fourth-order valence-corrected chi connectivity index (χ4v) is 3.53. The molecule has 2 saturated heterocycles. The first-order valence-electron chi connectivity index (χ1n) is 7.75. The largest absolute Gasteiger partial charge is 0.312 e. The summed E-state index contributed by atoms with van der Waals surface area (Å²) in [4.78, 5) is 2.72. The van der Waals surface area contributed by atoms with Gasteiger partial charge in [0.15, 0.2) is 0 Å². The first-order valence-corrected chi connectivity index (χ1v) is 7.75. The summed E-state index contributed by atoms with van der Waals surface area (Å²) in [6, 6.07) is 0.762. The third kappa shape index (κ3) is 3.96. The summed E-state index contributed by atoms with van der Waals surface area (Å²) in [7, 11) is 0. The Bertz CT molecular complexity index is 217. The van der Waals surface area contributed by atoms with Gasteiger partial charge in [-0.2, -0.15) is 0 Å². The lowest BCUT2D eigenvalue weighted by Gasteiger charge is -2.26. The molecule has 0 aromatic rings. The smallest absolute Gasteiger partial charge is 0.0221 e. The van der Waals surface area contributed by atoms with Crippen LogP contribution in [0.1, 0.15) is 52.4 Å². The summed E-state index contributed by atoms with van der Waals surface area (Å²) in [6.45, 7) is 9.94. The van der Waals surface area contributed by atoms with Crippen LogP contribution in [0, 0.1) is 11.8 Å². The summed E-state index contributed by atoms with van der Waals surface area (Å²) in [6.07, 6.45) is 8.52. The number of likely N-dealkylation sites (tertiary alicyclic amines) is 1. The van der Waals surface area contributed by atoms with Crippen LogP contribution < -0.4 is 5.32 Å². The van der Waals surface area contributed by atoms with Crippen LogP contribution in [0.25, 0.3) is 0 Å². The van der Waals surface area contributed by atoms with E-state index in [1.165, 1.54) is 64.7 Å². The van der Waals surface area contributed by atoms with Gasteiger partial charge in [0.1, 0.15) is 0 Å². The van der Waals surface area contributed by atoms with E-state index in [2.05, 4.69) is 24.1 Å². The quantitative estimate of drug-likeness (QED) is 0.810. The second-order valence-corrected chi connectivity index (χ2v) is 6.21. The lowest BCUT2D eigenvalue weighted by Crippen LogP contribution is -2.40. The standard InChI is InChI=1S/C15H30N2/c1-3-5-14-6-4-10-17(11-8-14)12-15-13(2)7-9-16-15/h13-16H,3-12H2,1-2H3. The zero-order valence-electron chi connectivity index (χ0n) is 11.8. The molecule has 1 N–H and O–H groups in total. The lowest BCUT2D eigenvalue weighted by molar-refractivity contribution is 0.238. The topological polar surface area (TPSA) is 15.3 Å². The second-order valence-electron chi connectivity index (χ2n) is 6.21. The van der Waals surface area contributed by atoms with Crippen molar-refractivity contribution in [1.82, 2.24) is 10.2 Å². The van der Waals surface area contributed by atoms with E-state index >= 15 is 0 Å². The second kappa shape index (κ2) is 6.75. The zero-order chi connectivity index (χ0) is 12.1. The minimum absolute atomic E-state index is 0.762. The van der Waals surface area contributed by atoms with E-state index in [4.69, 9.17) is 0 Å². The van der Waals surface area contributed by atoms with E-state index in [1.807, 2.05) is 0 Å². The Morgan fingerprint density at radius 3 is 2.76 bits per heavy atom. The first-order chi connectivity index (χ1) is 8.29. The molecular weight excluding hydrogens is 208 g/mol. The normalized spacial score (nSPS) is 36.0. The van der Waals surface area contributed by atoms with Crippen molar-refractivity contribution in [3.8, 4) is 0 Å². The maximum absolute atomic E-state index is 3.67. The Morgan fingerprint density at radius 2 is 2.06 bits per heavy atom. The van der Waals surface area contributed by atoms with Crippen molar-refractivity contribution in [1.29, 1.82) is 0 Å². The fraction of sp³-hybridized carbons (Fsp3) is 1.00. The molecule has 0 spiro atoms. The zero-order valence-corrected chi connectivity index (χ0v) is 11.8. The minimum atomic E-state index is 0.762. The number of hydrogen-bond donors (Lipinski definition) is 1. The summed E-state index contributed by atoms with van der Waals surface area (Å²) in [5, 5.41) is 3.67. The van der Waals surface area contributed by atoms with Crippen LogP contribution in [-0.4, -0.2) is 37.1 Å². The van der Waals surface area contributed by atoms with E-state index in [9.17, 15) is 0 Å². The van der Waals surface area contributed by atoms with E-state index in [1.54, 1.807) is 0 Å². The van der Waals surface area contributed by atoms with Gasteiger partial charge in [-0.1, -0.05) is 26.7 Å². The van der Waals surface area contributed by atoms with Crippen LogP contribution in [0.3, 0.4) is 0 Å². The Hall–Kier alpha value is -0.0800. The predicted molar refractivity (Wildman–Crippen MR) is 74.3 cm³/mol. The molecule has 2 heteroatoms. The van der Waals surface area contributed by atoms with Gasteiger partial charge in [-0.3, -0.25) is 0 Å². The first kappa shape index (κ1) is 13.4. The van der Waals surface area contributed by atoms with Crippen molar-refractivity contribution in [2.45, 2.75) is 58.4 Å². The number of hydrogen-bond acceptors (Lipinski definition) is 2. The van der Waals surface area contributed by atoms with Gasteiger partial charge in [0.05, 0.1) is 0 Å². The van der Waals surface area contributed by atoms with Crippen molar-refractivity contribution < 1.29 is 0 Å². The van der Waals surface area contributed by atoms with Crippen molar-refractivity contribution in [2.75, 3.05) is 26.2 Å². The molecule has 0 aromatic heterocycles. The molecule has 0 aliphatic carbocycles. The Morgan fingerprint density at radius 1 is 1.18 bits per heavy atom. The number of nitrogens with one attached hydrogen (secondary N) is 1. The maximum Gasteiger partial charge on any atom is 0.0221 e. The van der Waals surface area contributed by atoms with Crippen LogP contribution in [0.4, 0.5) is 0 Å². The Kier molecular flexibility index (Phi) is 5.30. The van der Waals surface area contributed by atoms with Gasteiger partial charge in [-0.25, -0.2) is 0 Å². The van der Waals surface area contributed by atoms with Crippen molar-refractivity contribution >= 4 is 0 Å². The molecule has 0 aromatic carbocycles. The molecule has 3 atom stereocenters. The summed E-state index contributed by atoms with van der Waals surface area (Å²) < 4.78 is 0. The Balaban J connectivity index is 1.74. The highest BCUT2D eigenvalue weighted by atomic mass is 15.2. The third-order valence-electron chi connectivity index (χ3n) is 4.79. The molecule has 0 saturated carbocycles. The SMILES string of the molecule is CCCC1CCCN(CC2NCCC2C)CC1. The van der Waals surface area contributed by atoms with Gasteiger partial charge in [0.25, 0.3) is 0 Å². The van der Waals surface area contributed by atoms with E-state index in [-0.39, 0.29) is 0 Å². The van der Waals surface area contributed by atoms with Crippen LogP contribution in [0.15, 0.2) is 0 Å².